The molecule has 138 valence electrons. The van der Waals surface area contributed by atoms with Crippen molar-refractivity contribution in [2.45, 2.75) is 51.2 Å². The minimum atomic E-state index is -0.511. The first-order valence-electron chi connectivity index (χ1n) is 8.83. The largest absolute Gasteiger partial charge is 0.458 e. The molecule has 3 rings (SSSR count). The molecule has 0 unspecified atom stereocenters. The van der Waals surface area contributed by atoms with Crippen molar-refractivity contribution < 1.29 is 24.0 Å². The third-order valence-electron chi connectivity index (χ3n) is 4.83. The van der Waals surface area contributed by atoms with Crippen LogP contribution in [0.3, 0.4) is 0 Å². The number of esters is 2. The van der Waals surface area contributed by atoms with Crippen LogP contribution >= 0.6 is 0 Å². The van der Waals surface area contributed by atoms with Crippen LogP contribution in [-0.4, -0.2) is 29.1 Å². The van der Waals surface area contributed by atoms with Gasteiger partial charge in [-0.15, -0.1) is 0 Å². The number of carbonyl (C=O) groups is 2. The van der Waals surface area contributed by atoms with E-state index in [1.165, 1.54) is 24.3 Å². The number of carbonyl (C=O) groups excluding carboxylic acids is 2. The van der Waals surface area contributed by atoms with E-state index in [0.29, 0.717) is 19.3 Å². The quantitative estimate of drug-likeness (QED) is 0.320. The average molecular weight is 359 g/mol. The van der Waals surface area contributed by atoms with E-state index in [4.69, 9.17) is 9.47 Å². The molecule has 1 saturated heterocycles. The topological polar surface area (TPSA) is 95.7 Å². The predicted octanol–water partition coefficient (Wildman–Crippen LogP) is 3.57. The molecule has 1 aromatic carbocycles. The van der Waals surface area contributed by atoms with Crippen molar-refractivity contribution in [1.29, 1.82) is 0 Å². The first-order valence-corrected chi connectivity index (χ1v) is 8.83. The number of hydrogen-bond acceptors (Lipinski definition) is 6. The fourth-order valence-corrected chi connectivity index (χ4v) is 3.43. The Bertz CT molecular complexity index is 739. The summed E-state index contributed by atoms with van der Waals surface area (Å²) in [5, 5.41) is 10.7. The highest BCUT2D eigenvalue weighted by Gasteiger charge is 2.40. The lowest BCUT2D eigenvalue weighted by Gasteiger charge is -2.20. The highest BCUT2D eigenvalue weighted by atomic mass is 16.6. The van der Waals surface area contributed by atoms with Gasteiger partial charge in [-0.3, -0.25) is 14.9 Å². The van der Waals surface area contributed by atoms with Gasteiger partial charge in [-0.2, -0.15) is 0 Å². The van der Waals surface area contributed by atoms with Gasteiger partial charge in [0, 0.05) is 18.1 Å². The van der Waals surface area contributed by atoms with Gasteiger partial charge >= 0.3 is 11.9 Å². The minimum absolute atomic E-state index is 0.0720. The van der Waals surface area contributed by atoms with Crippen LogP contribution in [0, 0.1) is 16.0 Å². The highest BCUT2D eigenvalue weighted by Crippen LogP contribution is 2.38. The van der Waals surface area contributed by atoms with Crippen molar-refractivity contribution in [3.8, 4) is 0 Å². The first kappa shape index (κ1) is 18.1. The summed E-state index contributed by atoms with van der Waals surface area (Å²) in [5.41, 5.74) is 1.20. The molecule has 1 heterocycles. The molecule has 0 radical (unpaired) electrons. The molecule has 0 aromatic heterocycles. The number of fused-ring (bicyclic) bond motifs is 1. The van der Waals surface area contributed by atoms with Crippen molar-refractivity contribution >= 4 is 17.6 Å². The van der Waals surface area contributed by atoms with Crippen molar-refractivity contribution in [2.75, 3.05) is 0 Å². The zero-order valence-electron chi connectivity index (χ0n) is 14.6. The van der Waals surface area contributed by atoms with Crippen LogP contribution in [0.2, 0.25) is 0 Å². The van der Waals surface area contributed by atoms with Gasteiger partial charge in [0.25, 0.3) is 5.69 Å². The third kappa shape index (κ3) is 3.92. The molecule has 0 saturated carbocycles. The van der Waals surface area contributed by atoms with E-state index in [0.717, 1.165) is 18.4 Å². The normalized spacial score (nSPS) is 22.3. The molecule has 0 amide bonds. The van der Waals surface area contributed by atoms with Gasteiger partial charge in [-0.25, -0.2) is 4.79 Å². The smallest absolute Gasteiger partial charge is 0.338 e. The maximum absolute atomic E-state index is 12.5. The Morgan fingerprint density at radius 2 is 2.08 bits per heavy atom. The Hall–Kier alpha value is -2.70. The zero-order chi connectivity index (χ0) is 18.7. The lowest BCUT2D eigenvalue weighted by atomic mass is 9.98. The zero-order valence-corrected chi connectivity index (χ0v) is 14.6. The molecular weight excluding hydrogens is 338 g/mol. The molecule has 1 aliphatic carbocycles. The molecular formula is C19H21NO6. The van der Waals surface area contributed by atoms with E-state index in [1.54, 1.807) is 0 Å². The van der Waals surface area contributed by atoms with E-state index < -0.39 is 10.9 Å². The fraction of sp³-hybridized carbons (Fsp3) is 0.474. The monoisotopic (exact) mass is 359 g/mol. The maximum Gasteiger partial charge on any atom is 0.338 e. The van der Waals surface area contributed by atoms with Crippen molar-refractivity contribution in [3.63, 3.8) is 0 Å². The molecule has 0 spiro atoms. The summed E-state index contributed by atoms with van der Waals surface area (Å²) in [6.45, 7) is 2.06. The second-order valence-electron chi connectivity index (χ2n) is 6.70. The predicted molar refractivity (Wildman–Crippen MR) is 92.5 cm³/mol. The van der Waals surface area contributed by atoms with E-state index >= 15 is 0 Å². The number of nitrogens with zero attached hydrogens (tertiary/aromatic N) is 1. The second-order valence-corrected chi connectivity index (χ2v) is 6.70. The van der Waals surface area contributed by atoms with Crippen LogP contribution in [0.15, 0.2) is 35.9 Å². The van der Waals surface area contributed by atoms with E-state index in [9.17, 15) is 19.7 Å². The number of non-ortho nitro benzene ring substituents is 1. The van der Waals surface area contributed by atoms with Crippen molar-refractivity contribution in [2.24, 2.45) is 5.92 Å². The van der Waals surface area contributed by atoms with Crippen LogP contribution in [-0.2, 0) is 14.3 Å². The first-order chi connectivity index (χ1) is 12.5. The number of unbranched alkanes of at least 4 members (excludes halogenated alkanes) is 1. The molecule has 1 aromatic rings. The van der Waals surface area contributed by atoms with Crippen molar-refractivity contribution in [3.05, 3.63) is 51.6 Å². The molecule has 0 bridgehead atoms. The summed E-state index contributed by atoms with van der Waals surface area (Å²) >= 11 is 0. The van der Waals surface area contributed by atoms with E-state index in [2.05, 4.69) is 6.92 Å². The van der Waals surface area contributed by atoms with Crippen LogP contribution in [0.5, 0.6) is 0 Å². The van der Waals surface area contributed by atoms with Gasteiger partial charge in [0.15, 0.2) is 0 Å². The minimum Gasteiger partial charge on any atom is -0.458 e. The Balaban J connectivity index is 1.70. The molecule has 26 heavy (non-hydrogen) atoms. The fourth-order valence-electron chi connectivity index (χ4n) is 3.43. The summed E-state index contributed by atoms with van der Waals surface area (Å²) in [4.78, 5) is 34.0. The Morgan fingerprint density at radius 3 is 2.69 bits per heavy atom. The Morgan fingerprint density at radius 1 is 1.35 bits per heavy atom. The van der Waals surface area contributed by atoms with Gasteiger partial charge in [-0.1, -0.05) is 13.3 Å². The molecule has 7 heteroatoms. The summed E-state index contributed by atoms with van der Waals surface area (Å²) in [7, 11) is 0. The average Bonchev–Trinajstić information content (AvgIpc) is 3.15. The number of benzene rings is 1. The van der Waals surface area contributed by atoms with Gasteiger partial charge in [-0.05, 0) is 43.0 Å². The molecule has 7 nitrogen and oxygen atoms in total. The van der Waals surface area contributed by atoms with Crippen LogP contribution < -0.4 is 0 Å². The van der Waals surface area contributed by atoms with Crippen molar-refractivity contribution in [1.82, 2.24) is 0 Å². The molecule has 1 aliphatic heterocycles. The third-order valence-corrected chi connectivity index (χ3v) is 4.83. The number of hydrogen-bond donors (Lipinski definition) is 0. The molecule has 1 fully saturated rings. The van der Waals surface area contributed by atoms with Gasteiger partial charge in [0.2, 0.25) is 0 Å². The Labute approximate surface area is 151 Å². The van der Waals surface area contributed by atoms with Gasteiger partial charge in [0.05, 0.1) is 16.9 Å². The summed E-state index contributed by atoms with van der Waals surface area (Å²) in [6.07, 6.45) is 5.03. The number of ether oxygens (including phenoxy) is 2. The lowest BCUT2D eigenvalue weighted by molar-refractivity contribution is -0.384. The van der Waals surface area contributed by atoms with Gasteiger partial charge < -0.3 is 9.47 Å². The van der Waals surface area contributed by atoms with Crippen LogP contribution in [0.4, 0.5) is 5.69 Å². The SMILES string of the molecule is CCCC[C@@H](OC(=O)c1ccc([N+](=O)[O-])cc1)C1=C[C@H]2OC(=O)C[C@H]2C1. The van der Waals surface area contributed by atoms with Crippen LogP contribution in [0.25, 0.3) is 0 Å². The summed E-state index contributed by atoms with van der Waals surface area (Å²) < 4.78 is 11.0. The van der Waals surface area contributed by atoms with E-state index in [-0.39, 0.29) is 35.3 Å². The summed E-state index contributed by atoms with van der Waals surface area (Å²) in [6, 6.07) is 5.38. The lowest BCUT2D eigenvalue weighted by Crippen LogP contribution is -2.21. The number of nitro groups is 1. The molecule has 2 aliphatic rings. The maximum atomic E-state index is 12.5. The molecule has 0 N–H and O–H groups in total. The molecule has 3 atom stereocenters. The second kappa shape index (κ2) is 7.68. The number of nitro benzene ring substituents is 1. The summed E-state index contributed by atoms with van der Waals surface area (Å²) in [5.74, 6) is -0.543. The van der Waals surface area contributed by atoms with Gasteiger partial charge in [0.1, 0.15) is 12.2 Å². The highest BCUT2D eigenvalue weighted by molar-refractivity contribution is 5.89. The van der Waals surface area contributed by atoms with E-state index in [1.807, 2.05) is 6.08 Å². The standard InChI is InChI=1S/C19H21NO6/c1-2-3-4-16(13-9-14-11-18(21)25-17(14)10-13)26-19(22)12-5-7-15(8-6-12)20(23)24/h5-8,10,14,16-17H,2-4,9,11H2,1H3/t14-,16-,17-/m1/s1. The van der Waals surface area contributed by atoms with Crippen LogP contribution in [0.1, 0.15) is 49.4 Å². The Kier molecular flexibility index (Phi) is 5.35. The number of rotatable bonds is 7.